The molecule has 0 aliphatic rings. The van der Waals surface area contributed by atoms with Gasteiger partial charge in [0.2, 0.25) is 5.95 Å². The summed E-state index contributed by atoms with van der Waals surface area (Å²) in [4.78, 5) is 8.18. The molecular formula is C12H12Cl2N4O. The van der Waals surface area contributed by atoms with Crippen LogP contribution in [0.15, 0.2) is 18.2 Å². The Hall–Kier alpha value is -1.72. The second kappa shape index (κ2) is 5.50. The lowest BCUT2D eigenvalue weighted by atomic mass is 10.1. The van der Waals surface area contributed by atoms with E-state index < -0.39 is 0 Å². The van der Waals surface area contributed by atoms with Gasteiger partial charge in [0.15, 0.2) is 0 Å². The average molecular weight is 299 g/mol. The highest BCUT2D eigenvalue weighted by atomic mass is 35.5. The van der Waals surface area contributed by atoms with E-state index in [9.17, 15) is 0 Å². The molecule has 1 heterocycles. The zero-order valence-electron chi connectivity index (χ0n) is 10.4. The molecule has 0 fully saturated rings. The molecule has 0 unspecified atom stereocenters. The second-order valence-electron chi connectivity index (χ2n) is 3.72. The lowest BCUT2D eigenvalue weighted by Crippen LogP contribution is -2.01. The topological polar surface area (TPSA) is 73.1 Å². The molecule has 1 aromatic heterocycles. The van der Waals surface area contributed by atoms with Crippen molar-refractivity contribution in [1.29, 1.82) is 0 Å². The zero-order chi connectivity index (χ0) is 14.0. The fraction of sp³-hybridized carbons (Fsp3) is 0.167. The predicted octanol–water partition coefficient (Wildman–Crippen LogP) is 3.08. The van der Waals surface area contributed by atoms with E-state index in [1.807, 2.05) is 0 Å². The van der Waals surface area contributed by atoms with Crippen LogP contribution >= 0.6 is 23.2 Å². The number of nitrogens with two attached hydrogens (primary N) is 1. The van der Waals surface area contributed by atoms with Gasteiger partial charge >= 0.3 is 0 Å². The molecule has 5 nitrogen and oxygen atoms in total. The highest BCUT2D eigenvalue weighted by Gasteiger charge is 2.13. The number of nitrogens with one attached hydrogen (secondary N) is 1. The number of nitrogens with zero attached hydrogens (tertiary/aromatic N) is 2. The SMILES string of the molecule is CNc1cc(-c2cc(OC)cc(Cl)c2Cl)nc(N)n1. The van der Waals surface area contributed by atoms with Crippen LogP contribution in [-0.2, 0) is 0 Å². The molecule has 3 N–H and O–H groups in total. The van der Waals surface area contributed by atoms with Gasteiger partial charge in [0, 0.05) is 24.7 Å². The highest BCUT2D eigenvalue weighted by molar-refractivity contribution is 6.43. The van der Waals surface area contributed by atoms with Crippen LogP contribution in [0.4, 0.5) is 11.8 Å². The fourth-order valence-electron chi connectivity index (χ4n) is 1.60. The van der Waals surface area contributed by atoms with Crippen LogP contribution in [0.2, 0.25) is 10.0 Å². The minimum Gasteiger partial charge on any atom is -0.497 e. The number of aromatic nitrogens is 2. The first kappa shape index (κ1) is 13.7. The van der Waals surface area contributed by atoms with Gasteiger partial charge in [-0.3, -0.25) is 0 Å². The van der Waals surface area contributed by atoms with Crippen LogP contribution in [0.5, 0.6) is 5.75 Å². The van der Waals surface area contributed by atoms with Crippen LogP contribution in [0.25, 0.3) is 11.3 Å². The molecule has 0 spiro atoms. The fourth-order valence-corrected chi connectivity index (χ4v) is 2.02. The van der Waals surface area contributed by atoms with E-state index in [-0.39, 0.29) is 5.95 Å². The van der Waals surface area contributed by atoms with Gasteiger partial charge in [-0.25, -0.2) is 4.98 Å². The van der Waals surface area contributed by atoms with Gasteiger partial charge in [-0.2, -0.15) is 4.98 Å². The average Bonchev–Trinajstić information content (AvgIpc) is 2.40. The second-order valence-corrected chi connectivity index (χ2v) is 4.50. The molecule has 0 saturated carbocycles. The monoisotopic (exact) mass is 298 g/mol. The van der Waals surface area contributed by atoms with Crippen molar-refractivity contribution >= 4 is 35.0 Å². The third-order valence-corrected chi connectivity index (χ3v) is 3.31. The van der Waals surface area contributed by atoms with Gasteiger partial charge < -0.3 is 15.8 Å². The number of benzene rings is 1. The summed E-state index contributed by atoms with van der Waals surface area (Å²) < 4.78 is 5.17. The molecule has 19 heavy (non-hydrogen) atoms. The number of anilines is 2. The first-order chi connectivity index (χ1) is 9.05. The van der Waals surface area contributed by atoms with Crippen molar-refractivity contribution in [3.05, 3.63) is 28.2 Å². The van der Waals surface area contributed by atoms with Crippen molar-refractivity contribution in [3.63, 3.8) is 0 Å². The van der Waals surface area contributed by atoms with E-state index in [2.05, 4.69) is 15.3 Å². The van der Waals surface area contributed by atoms with Gasteiger partial charge in [-0.05, 0) is 6.07 Å². The van der Waals surface area contributed by atoms with E-state index in [1.54, 1.807) is 32.4 Å². The maximum absolute atomic E-state index is 6.20. The number of halogens is 2. The highest BCUT2D eigenvalue weighted by Crippen LogP contribution is 2.37. The molecule has 0 aliphatic heterocycles. The third kappa shape index (κ3) is 2.83. The quantitative estimate of drug-likeness (QED) is 0.911. The number of ether oxygens (including phenoxy) is 1. The Balaban J connectivity index is 2.63. The van der Waals surface area contributed by atoms with Crippen molar-refractivity contribution in [2.24, 2.45) is 0 Å². The largest absolute Gasteiger partial charge is 0.497 e. The zero-order valence-corrected chi connectivity index (χ0v) is 11.9. The molecule has 2 aromatic rings. The van der Waals surface area contributed by atoms with Crippen molar-refractivity contribution in [3.8, 4) is 17.0 Å². The van der Waals surface area contributed by atoms with E-state index in [0.29, 0.717) is 32.9 Å². The van der Waals surface area contributed by atoms with Crippen molar-refractivity contribution in [2.75, 3.05) is 25.2 Å². The summed E-state index contributed by atoms with van der Waals surface area (Å²) in [6, 6.07) is 5.11. The summed E-state index contributed by atoms with van der Waals surface area (Å²) in [5.41, 5.74) is 6.87. The number of nitrogen functional groups attached to an aromatic ring is 1. The number of hydrogen-bond donors (Lipinski definition) is 2. The van der Waals surface area contributed by atoms with E-state index >= 15 is 0 Å². The summed E-state index contributed by atoms with van der Waals surface area (Å²) in [6.45, 7) is 0. The van der Waals surface area contributed by atoms with Crippen LogP contribution < -0.4 is 15.8 Å². The van der Waals surface area contributed by atoms with E-state index in [1.165, 1.54) is 0 Å². The summed E-state index contributed by atoms with van der Waals surface area (Å²) in [5.74, 6) is 1.34. The van der Waals surface area contributed by atoms with Gasteiger partial charge in [-0.1, -0.05) is 23.2 Å². The van der Waals surface area contributed by atoms with Crippen LogP contribution in [0.3, 0.4) is 0 Å². The van der Waals surface area contributed by atoms with Gasteiger partial charge in [-0.15, -0.1) is 0 Å². The minimum absolute atomic E-state index is 0.150. The van der Waals surface area contributed by atoms with Crippen molar-refractivity contribution in [2.45, 2.75) is 0 Å². The lowest BCUT2D eigenvalue weighted by Gasteiger charge is -2.10. The third-order valence-electron chi connectivity index (χ3n) is 2.51. The summed E-state index contributed by atoms with van der Waals surface area (Å²) in [7, 11) is 3.29. The Labute approximate surface area is 120 Å². The number of methoxy groups -OCH3 is 1. The molecule has 2 rings (SSSR count). The van der Waals surface area contributed by atoms with Gasteiger partial charge in [0.05, 0.1) is 22.8 Å². The lowest BCUT2D eigenvalue weighted by molar-refractivity contribution is 0.415. The Kier molecular flexibility index (Phi) is 3.97. The Morgan fingerprint density at radius 3 is 2.58 bits per heavy atom. The molecule has 1 aromatic carbocycles. The molecule has 0 amide bonds. The molecule has 0 aliphatic carbocycles. The maximum atomic E-state index is 6.20. The molecule has 0 saturated heterocycles. The molecule has 100 valence electrons. The summed E-state index contributed by atoms with van der Waals surface area (Å²) >= 11 is 12.3. The molecule has 0 radical (unpaired) electrons. The summed E-state index contributed by atoms with van der Waals surface area (Å²) in [5, 5.41) is 3.68. The number of rotatable bonds is 3. The van der Waals surface area contributed by atoms with Crippen LogP contribution in [0, 0.1) is 0 Å². The first-order valence-electron chi connectivity index (χ1n) is 5.41. The van der Waals surface area contributed by atoms with Gasteiger partial charge in [0.1, 0.15) is 11.6 Å². The minimum atomic E-state index is 0.150. The van der Waals surface area contributed by atoms with Gasteiger partial charge in [0.25, 0.3) is 0 Å². The smallest absolute Gasteiger partial charge is 0.222 e. The molecular weight excluding hydrogens is 287 g/mol. The normalized spacial score (nSPS) is 10.3. The van der Waals surface area contributed by atoms with Crippen molar-refractivity contribution in [1.82, 2.24) is 9.97 Å². The van der Waals surface area contributed by atoms with Crippen LogP contribution in [-0.4, -0.2) is 24.1 Å². The summed E-state index contributed by atoms with van der Waals surface area (Å²) in [6.07, 6.45) is 0. The van der Waals surface area contributed by atoms with E-state index in [4.69, 9.17) is 33.7 Å². The van der Waals surface area contributed by atoms with Crippen LogP contribution in [0.1, 0.15) is 0 Å². The standard InChI is InChI=1S/C12H12Cl2N4O/c1-16-10-5-9(17-12(15)18-10)7-3-6(19-2)4-8(13)11(7)14/h3-5H,1-2H3,(H3,15,16,17,18). The Morgan fingerprint density at radius 1 is 1.21 bits per heavy atom. The predicted molar refractivity (Wildman–Crippen MR) is 78.0 cm³/mol. The molecule has 0 bridgehead atoms. The Bertz CT molecular complexity index is 619. The van der Waals surface area contributed by atoms with Crippen molar-refractivity contribution < 1.29 is 4.74 Å². The van der Waals surface area contributed by atoms with E-state index in [0.717, 1.165) is 0 Å². The maximum Gasteiger partial charge on any atom is 0.222 e. The Morgan fingerprint density at radius 2 is 1.95 bits per heavy atom. The first-order valence-corrected chi connectivity index (χ1v) is 6.16. The molecule has 0 atom stereocenters. The number of hydrogen-bond acceptors (Lipinski definition) is 5. The molecule has 7 heteroatoms.